The third kappa shape index (κ3) is 3.05. The van der Waals surface area contributed by atoms with Crippen molar-refractivity contribution in [2.75, 3.05) is 26.3 Å². The van der Waals surface area contributed by atoms with E-state index in [1.54, 1.807) is 0 Å². The molecule has 0 radical (unpaired) electrons. The Morgan fingerprint density at radius 1 is 1.15 bits per heavy atom. The van der Waals surface area contributed by atoms with Gasteiger partial charge in [-0.25, -0.2) is 0 Å². The molecule has 3 heteroatoms. The summed E-state index contributed by atoms with van der Waals surface area (Å²) in [6, 6.07) is 1.35. The van der Waals surface area contributed by atoms with Gasteiger partial charge < -0.3 is 10.1 Å². The van der Waals surface area contributed by atoms with Crippen LogP contribution in [-0.4, -0.2) is 48.8 Å². The molecule has 3 fully saturated rings. The van der Waals surface area contributed by atoms with E-state index in [0.29, 0.717) is 12.1 Å². The minimum absolute atomic E-state index is 0.271. The largest absolute Gasteiger partial charge is 0.380 e. The first-order chi connectivity index (χ1) is 9.69. The molecule has 2 heterocycles. The van der Waals surface area contributed by atoms with Crippen molar-refractivity contribution in [2.45, 2.75) is 76.4 Å². The van der Waals surface area contributed by atoms with E-state index < -0.39 is 0 Å². The highest BCUT2D eigenvalue weighted by atomic mass is 16.5. The van der Waals surface area contributed by atoms with E-state index in [0.717, 1.165) is 25.7 Å². The minimum Gasteiger partial charge on any atom is -0.380 e. The molecule has 2 saturated heterocycles. The van der Waals surface area contributed by atoms with Crippen molar-refractivity contribution in [3.05, 3.63) is 0 Å². The highest BCUT2D eigenvalue weighted by Gasteiger charge is 2.41. The van der Waals surface area contributed by atoms with E-state index in [2.05, 4.69) is 24.1 Å². The summed E-state index contributed by atoms with van der Waals surface area (Å²) in [6.45, 7) is 9.06. The summed E-state index contributed by atoms with van der Waals surface area (Å²) in [4.78, 5) is 2.77. The van der Waals surface area contributed by atoms with Gasteiger partial charge in [0, 0.05) is 37.3 Å². The maximum Gasteiger partial charge on any atom is 0.0647 e. The van der Waals surface area contributed by atoms with Crippen molar-refractivity contribution >= 4 is 0 Å². The first kappa shape index (κ1) is 14.8. The summed E-state index contributed by atoms with van der Waals surface area (Å²) in [6.07, 6.45) is 9.74. The molecule has 3 nitrogen and oxygen atoms in total. The van der Waals surface area contributed by atoms with Crippen molar-refractivity contribution < 1.29 is 4.74 Å². The predicted octanol–water partition coefficient (Wildman–Crippen LogP) is 2.80. The lowest BCUT2D eigenvalue weighted by atomic mass is 9.81. The van der Waals surface area contributed by atoms with E-state index in [1.165, 1.54) is 51.5 Å². The van der Waals surface area contributed by atoms with E-state index >= 15 is 0 Å². The van der Waals surface area contributed by atoms with E-state index in [9.17, 15) is 0 Å². The Morgan fingerprint density at radius 2 is 1.95 bits per heavy atom. The summed E-state index contributed by atoms with van der Waals surface area (Å²) in [7, 11) is 0. The topological polar surface area (TPSA) is 24.5 Å². The Labute approximate surface area is 124 Å². The standard InChI is InChI=1S/C17H32N2O/c1-14-11-18-16(15-7-4-3-5-8-15)12-19(14)17(2)9-6-10-20-13-17/h14-16,18H,3-13H2,1-2H3. The summed E-state index contributed by atoms with van der Waals surface area (Å²) in [5.41, 5.74) is 0.271. The fraction of sp³-hybridized carbons (Fsp3) is 1.00. The van der Waals surface area contributed by atoms with Crippen LogP contribution < -0.4 is 5.32 Å². The molecule has 3 aliphatic rings. The van der Waals surface area contributed by atoms with Crippen LogP contribution in [-0.2, 0) is 4.74 Å². The molecule has 1 aliphatic carbocycles. The molecule has 0 aromatic heterocycles. The lowest BCUT2D eigenvalue weighted by molar-refractivity contribution is -0.0726. The fourth-order valence-corrected chi connectivity index (χ4v) is 4.64. The molecule has 0 bridgehead atoms. The Hall–Kier alpha value is -0.120. The lowest BCUT2D eigenvalue weighted by Crippen LogP contribution is -2.66. The molecule has 1 N–H and O–H groups in total. The van der Waals surface area contributed by atoms with Crippen LogP contribution in [0.15, 0.2) is 0 Å². The summed E-state index contributed by atoms with van der Waals surface area (Å²) in [5, 5.41) is 3.84. The number of nitrogens with zero attached hydrogens (tertiary/aromatic N) is 1. The lowest BCUT2D eigenvalue weighted by Gasteiger charge is -2.52. The van der Waals surface area contributed by atoms with Gasteiger partial charge in [0.2, 0.25) is 0 Å². The van der Waals surface area contributed by atoms with Crippen molar-refractivity contribution in [3.8, 4) is 0 Å². The van der Waals surface area contributed by atoms with Crippen LogP contribution in [0.5, 0.6) is 0 Å². The quantitative estimate of drug-likeness (QED) is 0.842. The SMILES string of the molecule is CC1CNC(C2CCCCC2)CN1C1(C)CCCOC1. The number of hydrogen-bond donors (Lipinski definition) is 1. The molecule has 1 saturated carbocycles. The van der Waals surface area contributed by atoms with Crippen LogP contribution in [0, 0.1) is 5.92 Å². The zero-order valence-corrected chi connectivity index (χ0v) is 13.4. The smallest absolute Gasteiger partial charge is 0.0647 e. The van der Waals surface area contributed by atoms with Crippen molar-refractivity contribution in [1.82, 2.24) is 10.2 Å². The van der Waals surface area contributed by atoms with Crippen LogP contribution in [0.3, 0.4) is 0 Å². The average Bonchev–Trinajstić information content (AvgIpc) is 2.49. The van der Waals surface area contributed by atoms with E-state index in [1.807, 2.05) is 0 Å². The highest BCUT2D eigenvalue weighted by molar-refractivity contribution is 4.98. The van der Waals surface area contributed by atoms with Crippen molar-refractivity contribution in [3.63, 3.8) is 0 Å². The molecule has 3 atom stereocenters. The van der Waals surface area contributed by atoms with Crippen LogP contribution in [0.4, 0.5) is 0 Å². The normalized spacial score (nSPS) is 41.7. The summed E-state index contributed by atoms with van der Waals surface area (Å²) in [5.74, 6) is 0.909. The maximum atomic E-state index is 5.81. The number of hydrogen-bond acceptors (Lipinski definition) is 3. The van der Waals surface area contributed by atoms with Gasteiger partial charge in [0.05, 0.1) is 6.61 Å². The molecule has 3 unspecified atom stereocenters. The zero-order chi connectivity index (χ0) is 14.0. The molecular formula is C17H32N2O. The molecule has 0 aromatic carbocycles. The Bertz CT molecular complexity index is 308. The Kier molecular flexibility index (Phi) is 4.68. The molecule has 2 aliphatic heterocycles. The molecule has 0 amide bonds. The molecular weight excluding hydrogens is 248 g/mol. The second-order valence-electron chi connectivity index (χ2n) is 7.57. The van der Waals surface area contributed by atoms with Gasteiger partial charge in [-0.3, -0.25) is 4.90 Å². The predicted molar refractivity (Wildman–Crippen MR) is 83.0 cm³/mol. The average molecular weight is 280 g/mol. The second kappa shape index (κ2) is 6.33. The second-order valence-corrected chi connectivity index (χ2v) is 7.57. The van der Waals surface area contributed by atoms with E-state index in [4.69, 9.17) is 4.74 Å². The van der Waals surface area contributed by atoms with Crippen molar-refractivity contribution in [1.29, 1.82) is 0 Å². The molecule has 0 aromatic rings. The van der Waals surface area contributed by atoms with Crippen LogP contribution in [0.25, 0.3) is 0 Å². The Balaban J connectivity index is 1.66. The third-order valence-electron chi connectivity index (χ3n) is 5.93. The molecule has 116 valence electrons. The highest BCUT2D eigenvalue weighted by Crippen LogP contribution is 2.33. The number of nitrogens with one attached hydrogen (secondary N) is 1. The van der Waals surface area contributed by atoms with Crippen LogP contribution in [0.1, 0.15) is 58.8 Å². The van der Waals surface area contributed by atoms with E-state index in [-0.39, 0.29) is 5.54 Å². The first-order valence-corrected chi connectivity index (χ1v) is 8.77. The van der Waals surface area contributed by atoms with Gasteiger partial charge in [-0.1, -0.05) is 19.3 Å². The molecule has 0 spiro atoms. The van der Waals surface area contributed by atoms with Crippen molar-refractivity contribution in [2.24, 2.45) is 5.92 Å². The maximum absolute atomic E-state index is 5.81. The van der Waals surface area contributed by atoms with Gasteiger partial charge in [0.15, 0.2) is 0 Å². The van der Waals surface area contributed by atoms with Gasteiger partial charge in [-0.05, 0) is 45.4 Å². The summed E-state index contributed by atoms with van der Waals surface area (Å²) < 4.78 is 5.81. The third-order valence-corrected chi connectivity index (χ3v) is 5.93. The van der Waals surface area contributed by atoms with Gasteiger partial charge in [0.25, 0.3) is 0 Å². The first-order valence-electron chi connectivity index (χ1n) is 8.77. The molecule has 20 heavy (non-hydrogen) atoms. The number of piperazine rings is 1. The Morgan fingerprint density at radius 3 is 2.65 bits per heavy atom. The van der Waals surface area contributed by atoms with Crippen LogP contribution in [0.2, 0.25) is 0 Å². The van der Waals surface area contributed by atoms with Gasteiger partial charge >= 0.3 is 0 Å². The molecule has 3 rings (SSSR count). The number of ether oxygens (including phenoxy) is 1. The monoisotopic (exact) mass is 280 g/mol. The minimum atomic E-state index is 0.271. The summed E-state index contributed by atoms with van der Waals surface area (Å²) >= 11 is 0. The fourth-order valence-electron chi connectivity index (χ4n) is 4.64. The zero-order valence-electron chi connectivity index (χ0n) is 13.4. The van der Waals surface area contributed by atoms with Crippen LogP contribution >= 0.6 is 0 Å². The van der Waals surface area contributed by atoms with Gasteiger partial charge in [0.1, 0.15) is 0 Å². The number of rotatable bonds is 2. The van der Waals surface area contributed by atoms with Gasteiger partial charge in [-0.15, -0.1) is 0 Å². The van der Waals surface area contributed by atoms with Gasteiger partial charge in [-0.2, -0.15) is 0 Å².